The fourth-order valence-corrected chi connectivity index (χ4v) is 2.48. The minimum atomic E-state index is -0.149. The van der Waals surface area contributed by atoms with Gasteiger partial charge in [0.1, 0.15) is 4.32 Å². The third kappa shape index (κ3) is 3.19. The minimum Gasteiger partial charge on any atom is -0.307 e. The Bertz CT molecular complexity index is 537. The van der Waals surface area contributed by atoms with Crippen LogP contribution in [0.25, 0.3) is 6.08 Å². The molecule has 1 N–H and O–H groups in total. The van der Waals surface area contributed by atoms with Gasteiger partial charge in [-0.3, -0.25) is 4.79 Å². The van der Waals surface area contributed by atoms with Crippen LogP contribution in [0.2, 0.25) is 5.02 Å². The van der Waals surface area contributed by atoms with Crippen LogP contribution in [0, 0.1) is 0 Å². The van der Waals surface area contributed by atoms with Crippen LogP contribution in [0.15, 0.2) is 41.3 Å². The van der Waals surface area contributed by atoms with Gasteiger partial charge < -0.3 is 5.32 Å². The fourth-order valence-electron chi connectivity index (χ4n) is 1.29. The number of carbonyl (C=O) groups excluding carboxylic acids is 1. The number of nitrogens with one attached hydrogen (secondary N) is 1. The lowest BCUT2D eigenvalue weighted by molar-refractivity contribution is -0.115. The Morgan fingerprint density at radius 2 is 2.12 bits per heavy atom. The molecule has 5 heteroatoms. The lowest BCUT2D eigenvalue weighted by Crippen LogP contribution is -2.17. The van der Waals surface area contributed by atoms with Crippen molar-refractivity contribution in [1.82, 2.24) is 5.32 Å². The highest BCUT2D eigenvalue weighted by molar-refractivity contribution is 8.26. The van der Waals surface area contributed by atoms with Gasteiger partial charge in [-0.05, 0) is 17.7 Å². The van der Waals surface area contributed by atoms with Crippen LogP contribution in [0.1, 0.15) is 5.56 Å². The van der Waals surface area contributed by atoms with E-state index in [1.807, 2.05) is 30.3 Å². The molecule has 0 aromatic heterocycles. The van der Waals surface area contributed by atoms with E-state index in [9.17, 15) is 4.79 Å². The van der Waals surface area contributed by atoms with Crippen molar-refractivity contribution in [2.75, 3.05) is 0 Å². The van der Waals surface area contributed by atoms with Gasteiger partial charge in [0.2, 0.25) is 0 Å². The van der Waals surface area contributed by atoms with Gasteiger partial charge in [-0.15, -0.1) is 0 Å². The van der Waals surface area contributed by atoms with E-state index < -0.39 is 0 Å². The second-order valence-corrected chi connectivity index (χ2v) is 5.38. The number of thiocarbonyl (C=S) groups is 1. The molecule has 1 aliphatic rings. The maximum atomic E-state index is 11.3. The van der Waals surface area contributed by atoms with E-state index >= 15 is 0 Å². The fraction of sp³-hybridized carbons (Fsp3) is 0. The molecule has 1 aromatic carbocycles. The van der Waals surface area contributed by atoms with Gasteiger partial charge >= 0.3 is 0 Å². The summed E-state index contributed by atoms with van der Waals surface area (Å²) in [6.07, 6.45) is 5.37. The molecule has 0 saturated carbocycles. The van der Waals surface area contributed by atoms with Crippen molar-refractivity contribution in [3.63, 3.8) is 0 Å². The molecule has 2 nitrogen and oxygen atoms in total. The Hall–Kier alpha value is -1.10. The second kappa shape index (κ2) is 5.49. The highest BCUT2D eigenvalue weighted by Crippen LogP contribution is 2.23. The molecule has 1 saturated heterocycles. The molecular formula is C12H8ClNOS2. The van der Waals surface area contributed by atoms with Crippen LogP contribution < -0.4 is 5.32 Å². The Morgan fingerprint density at radius 1 is 1.35 bits per heavy atom. The topological polar surface area (TPSA) is 29.1 Å². The molecule has 0 spiro atoms. The summed E-state index contributed by atoms with van der Waals surface area (Å²) in [7, 11) is 0. The first kappa shape index (κ1) is 12.4. The Morgan fingerprint density at radius 3 is 2.76 bits per heavy atom. The largest absolute Gasteiger partial charge is 0.307 e. The van der Waals surface area contributed by atoms with E-state index in [2.05, 4.69) is 5.32 Å². The van der Waals surface area contributed by atoms with Gasteiger partial charge in [-0.2, -0.15) is 0 Å². The summed E-state index contributed by atoms with van der Waals surface area (Å²) in [5, 5.41) is 3.24. The summed E-state index contributed by atoms with van der Waals surface area (Å²) in [6, 6.07) is 7.51. The zero-order chi connectivity index (χ0) is 12.3. The number of amides is 1. The Kier molecular flexibility index (Phi) is 3.99. The molecule has 1 aromatic rings. The van der Waals surface area contributed by atoms with Crippen LogP contribution in [0.4, 0.5) is 0 Å². The molecule has 0 atom stereocenters. The average molecular weight is 282 g/mol. The molecule has 1 aliphatic heterocycles. The van der Waals surface area contributed by atoms with Gasteiger partial charge in [0, 0.05) is 5.02 Å². The van der Waals surface area contributed by atoms with E-state index in [-0.39, 0.29) is 5.91 Å². The van der Waals surface area contributed by atoms with Crippen LogP contribution >= 0.6 is 35.6 Å². The minimum absolute atomic E-state index is 0.149. The normalized spacial score (nSPS) is 18.1. The van der Waals surface area contributed by atoms with Crippen molar-refractivity contribution in [3.8, 4) is 0 Å². The van der Waals surface area contributed by atoms with Crippen molar-refractivity contribution in [1.29, 1.82) is 0 Å². The predicted molar refractivity (Wildman–Crippen MR) is 76.9 cm³/mol. The molecule has 1 fully saturated rings. The number of benzene rings is 1. The summed E-state index contributed by atoms with van der Waals surface area (Å²) >= 11 is 12.1. The monoisotopic (exact) mass is 281 g/mol. The van der Waals surface area contributed by atoms with Crippen LogP contribution in [-0.4, -0.2) is 10.2 Å². The van der Waals surface area contributed by atoms with E-state index in [0.29, 0.717) is 14.2 Å². The van der Waals surface area contributed by atoms with Gasteiger partial charge in [0.15, 0.2) is 0 Å². The third-order valence-corrected chi connectivity index (χ3v) is 3.60. The summed E-state index contributed by atoms with van der Waals surface area (Å²) < 4.78 is 0.493. The number of hydrogen-bond donors (Lipinski definition) is 1. The molecule has 17 heavy (non-hydrogen) atoms. The predicted octanol–water partition coefficient (Wildman–Crippen LogP) is 3.39. The Labute approximate surface area is 114 Å². The van der Waals surface area contributed by atoms with Gasteiger partial charge in [0.05, 0.1) is 4.91 Å². The van der Waals surface area contributed by atoms with Gasteiger partial charge in [-0.25, -0.2) is 0 Å². The lowest BCUT2D eigenvalue weighted by Gasteiger charge is -1.95. The molecule has 0 radical (unpaired) electrons. The Balaban J connectivity index is 2.13. The highest BCUT2D eigenvalue weighted by atomic mass is 35.5. The maximum absolute atomic E-state index is 11.3. The van der Waals surface area contributed by atoms with Crippen LogP contribution in [0.3, 0.4) is 0 Å². The number of carbonyl (C=O) groups is 1. The molecular weight excluding hydrogens is 274 g/mol. The third-order valence-electron chi connectivity index (χ3n) is 2.07. The molecule has 0 aliphatic carbocycles. The van der Waals surface area contributed by atoms with Gasteiger partial charge in [0.25, 0.3) is 5.91 Å². The summed E-state index contributed by atoms with van der Waals surface area (Å²) in [5.41, 5.74) is 0.914. The van der Waals surface area contributed by atoms with Crippen LogP contribution in [0.5, 0.6) is 0 Å². The zero-order valence-electron chi connectivity index (χ0n) is 8.64. The van der Waals surface area contributed by atoms with Crippen molar-refractivity contribution in [2.24, 2.45) is 0 Å². The molecule has 1 amide bonds. The molecule has 0 unspecified atom stereocenters. The first-order valence-electron chi connectivity index (χ1n) is 4.83. The quantitative estimate of drug-likeness (QED) is 0.666. The van der Waals surface area contributed by atoms with E-state index in [0.717, 1.165) is 5.56 Å². The number of rotatable bonds is 2. The number of halogens is 1. The molecule has 86 valence electrons. The van der Waals surface area contributed by atoms with Crippen molar-refractivity contribution in [3.05, 3.63) is 51.9 Å². The number of hydrogen-bond acceptors (Lipinski definition) is 3. The first-order valence-corrected chi connectivity index (χ1v) is 6.43. The lowest BCUT2D eigenvalue weighted by atomic mass is 10.2. The maximum Gasteiger partial charge on any atom is 0.263 e. The molecule has 0 bridgehead atoms. The summed E-state index contributed by atoms with van der Waals surface area (Å²) in [4.78, 5) is 11.9. The SMILES string of the molecule is O=C1NC(=S)S/C1=C\C=C\c1ccccc1Cl. The summed E-state index contributed by atoms with van der Waals surface area (Å²) in [6.45, 7) is 0. The smallest absolute Gasteiger partial charge is 0.263 e. The second-order valence-electron chi connectivity index (χ2n) is 3.26. The van der Waals surface area contributed by atoms with E-state index in [4.69, 9.17) is 23.8 Å². The first-order chi connectivity index (χ1) is 8.16. The van der Waals surface area contributed by atoms with E-state index in [1.165, 1.54) is 11.8 Å². The van der Waals surface area contributed by atoms with Gasteiger partial charge in [-0.1, -0.05) is 65.9 Å². The standard InChI is InChI=1S/C12H8ClNOS2/c13-9-6-2-1-4-8(9)5-3-7-10-11(15)14-12(16)17-10/h1-7H,(H,14,15,16)/b5-3+,10-7-. The van der Waals surface area contributed by atoms with Crippen molar-refractivity contribution < 1.29 is 4.79 Å². The molecule has 2 rings (SSSR count). The van der Waals surface area contributed by atoms with Crippen molar-refractivity contribution in [2.45, 2.75) is 0 Å². The van der Waals surface area contributed by atoms with Crippen LogP contribution in [-0.2, 0) is 4.79 Å². The summed E-state index contributed by atoms with van der Waals surface area (Å²) in [5.74, 6) is -0.149. The number of thioether (sulfide) groups is 1. The zero-order valence-corrected chi connectivity index (χ0v) is 11.0. The van der Waals surface area contributed by atoms with E-state index in [1.54, 1.807) is 12.2 Å². The van der Waals surface area contributed by atoms with Crippen molar-refractivity contribution >= 4 is 51.9 Å². The molecule has 1 heterocycles. The highest BCUT2D eigenvalue weighted by Gasteiger charge is 2.20. The number of allylic oxidation sites excluding steroid dienone is 2. The average Bonchev–Trinajstić information content (AvgIpc) is 2.60.